The lowest BCUT2D eigenvalue weighted by atomic mass is 9.98. The molecule has 3 nitrogen and oxygen atoms in total. The van der Waals surface area contributed by atoms with Gasteiger partial charge in [-0.15, -0.1) is 12.4 Å². The molecule has 0 spiro atoms. The number of fused-ring (bicyclic) bond motifs is 1. The number of nitrogens with one attached hydrogen (secondary N) is 2. The number of carbonyl (C=O) groups is 1. The number of halogens is 1. The second kappa shape index (κ2) is 6.40. The van der Waals surface area contributed by atoms with Crippen LogP contribution in [0, 0.1) is 5.92 Å². The molecule has 1 atom stereocenters. The first kappa shape index (κ1) is 14.4. The van der Waals surface area contributed by atoms with Crippen molar-refractivity contribution < 1.29 is 4.79 Å². The van der Waals surface area contributed by atoms with Gasteiger partial charge in [0, 0.05) is 12.2 Å². The lowest BCUT2D eigenvalue weighted by Gasteiger charge is -2.22. The van der Waals surface area contributed by atoms with Crippen LogP contribution in [0.25, 0.3) is 0 Å². The van der Waals surface area contributed by atoms with E-state index in [0.717, 1.165) is 38.0 Å². The van der Waals surface area contributed by atoms with Crippen molar-refractivity contribution in [1.29, 1.82) is 0 Å². The van der Waals surface area contributed by atoms with Gasteiger partial charge in [0.15, 0.2) is 0 Å². The Morgan fingerprint density at radius 1 is 1.21 bits per heavy atom. The van der Waals surface area contributed by atoms with E-state index >= 15 is 0 Å². The Morgan fingerprint density at radius 3 is 2.84 bits per heavy atom. The van der Waals surface area contributed by atoms with E-state index in [1.54, 1.807) is 0 Å². The number of piperidine rings is 1. The van der Waals surface area contributed by atoms with Crippen LogP contribution in [-0.2, 0) is 17.6 Å². The zero-order chi connectivity index (χ0) is 12.4. The van der Waals surface area contributed by atoms with Gasteiger partial charge in [-0.2, -0.15) is 0 Å². The highest BCUT2D eigenvalue weighted by Gasteiger charge is 2.21. The van der Waals surface area contributed by atoms with Crippen molar-refractivity contribution in [3.05, 3.63) is 29.3 Å². The number of benzene rings is 1. The highest BCUT2D eigenvalue weighted by molar-refractivity contribution is 5.92. The molecular formula is C15H21ClN2O. The SMILES string of the molecule is Cl.O=C(Nc1ccc2c(c1)CCC2)[C@@H]1CCCNC1. The van der Waals surface area contributed by atoms with Gasteiger partial charge in [-0.25, -0.2) is 0 Å². The van der Waals surface area contributed by atoms with Crippen LogP contribution in [-0.4, -0.2) is 19.0 Å². The average molecular weight is 281 g/mol. The van der Waals surface area contributed by atoms with E-state index in [0.29, 0.717) is 0 Å². The minimum atomic E-state index is 0. The maximum Gasteiger partial charge on any atom is 0.228 e. The maximum atomic E-state index is 12.1. The number of amides is 1. The molecular weight excluding hydrogens is 260 g/mol. The highest BCUT2D eigenvalue weighted by Crippen LogP contribution is 2.25. The van der Waals surface area contributed by atoms with E-state index in [1.165, 1.54) is 24.0 Å². The molecule has 4 heteroatoms. The molecule has 3 rings (SSSR count). The molecule has 2 N–H and O–H groups in total. The average Bonchev–Trinajstić information content (AvgIpc) is 2.87. The van der Waals surface area contributed by atoms with Gasteiger partial charge in [-0.1, -0.05) is 6.07 Å². The van der Waals surface area contributed by atoms with E-state index < -0.39 is 0 Å². The number of carbonyl (C=O) groups excluding carboxylic acids is 1. The van der Waals surface area contributed by atoms with Crippen molar-refractivity contribution in [2.75, 3.05) is 18.4 Å². The molecule has 1 aromatic carbocycles. The summed E-state index contributed by atoms with van der Waals surface area (Å²) in [5.74, 6) is 0.298. The lowest BCUT2D eigenvalue weighted by Crippen LogP contribution is -2.37. The van der Waals surface area contributed by atoms with E-state index in [4.69, 9.17) is 0 Å². The first-order valence-corrected chi connectivity index (χ1v) is 6.96. The summed E-state index contributed by atoms with van der Waals surface area (Å²) in [4.78, 5) is 12.1. The normalized spacial score (nSPS) is 21.4. The fourth-order valence-electron chi connectivity index (χ4n) is 2.97. The molecule has 0 unspecified atom stereocenters. The smallest absolute Gasteiger partial charge is 0.228 e. The third kappa shape index (κ3) is 3.28. The van der Waals surface area contributed by atoms with Crippen LogP contribution in [0.4, 0.5) is 5.69 Å². The van der Waals surface area contributed by atoms with Gasteiger partial charge in [0.1, 0.15) is 0 Å². The van der Waals surface area contributed by atoms with E-state index in [9.17, 15) is 4.79 Å². The maximum absolute atomic E-state index is 12.1. The molecule has 1 heterocycles. The standard InChI is InChI=1S/C15H20N2O.ClH/c18-15(13-5-2-8-16-10-13)17-14-7-6-11-3-1-4-12(11)9-14;/h6-7,9,13,16H,1-5,8,10H2,(H,17,18);1H/t13-;/m1./s1. The van der Waals surface area contributed by atoms with Crippen molar-refractivity contribution in [1.82, 2.24) is 5.32 Å². The molecule has 0 radical (unpaired) electrons. The van der Waals surface area contributed by atoms with Gasteiger partial charge in [0.2, 0.25) is 5.91 Å². The molecule has 1 saturated heterocycles. The van der Waals surface area contributed by atoms with Crippen LogP contribution < -0.4 is 10.6 Å². The van der Waals surface area contributed by atoms with Crippen molar-refractivity contribution in [2.24, 2.45) is 5.92 Å². The Labute approximate surface area is 120 Å². The van der Waals surface area contributed by atoms with Crippen molar-refractivity contribution in [3.8, 4) is 0 Å². The summed E-state index contributed by atoms with van der Waals surface area (Å²) >= 11 is 0. The third-order valence-corrected chi connectivity index (χ3v) is 4.03. The van der Waals surface area contributed by atoms with Crippen LogP contribution in [0.1, 0.15) is 30.4 Å². The van der Waals surface area contributed by atoms with Gasteiger partial charge < -0.3 is 10.6 Å². The summed E-state index contributed by atoms with van der Waals surface area (Å²) in [5, 5.41) is 6.34. The molecule has 0 aromatic heterocycles. The number of rotatable bonds is 2. The largest absolute Gasteiger partial charge is 0.326 e. The summed E-state index contributed by atoms with van der Waals surface area (Å²) in [6.07, 6.45) is 5.70. The van der Waals surface area contributed by atoms with Crippen LogP contribution in [0.15, 0.2) is 18.2 Å². The zero-order valence-electron chi connectivity index (χ0n) is 11.1. The predicted molar refractivity (Wildman–Crippen MR) is 79.9 cm³/mol. The first-order chi connectivity index (χ1) is 8.83. The van der Waals surface area contributed by atoms with Gasteiger partial charge >= 0.3 is 0 Å². The van der Waals surface area contributed by atoms with Gasteiger partial charge in [0.25, 0.3) is 0 Å². The van der Waals surface area contributed by atoms with Crippen molar-refractivity contribution >= 4 is 24.0 Å². The Kier molecular flexibility index (Phi) is 4.83. The number of aryl methyl sites for hydroxylation is 2. The van der Waals surface area contributed by atoms with Crippen LogP contribution >= 0.6 is 12.4 Å². The van der Waals surface area contributed by atoms with Crippen LogP contribution in [0.3, 0.4) is 0 Å². The Bertz CT molecular complexity index is 455. The summed E-state index contributed by atoms with van der Waals surface area (Å²) < 4.78 is 0. The van der Waals surface area contributed by atoms with Crippen molar-refractivity contribution in [3.63, 3.8) is 0 Å². The fraction of sp³-hybridized carbons (Fsp3) is 0.533. The Balaban J connectivity index is 0.00000133. The van der Waals surface area contributed by atoms with Crippen LogP contribution in [0.2, 0.25) is 0 Å². The van der Waals surface area contributed by atoms with Gasteiger partial charge in [0.05, 0.1) is 5.92 Å². The molecule has 1 fully saturated rings. The monoisotopic (exact) mass is 280 g/mol. The number of hydrogen-bond donors (Lipinski definition) is 2. The molecule has 1 aliphatic heterocycles. The molecule has 1 aromatic rings. The molecule has 1 amide bonds. The van der Waals surface area contributed by atoms with E-state index in [1.807, 2.05) is 6.07 Å². The molecule has 0 saturated carbocycles. The molecule has 0 bridgehead atoms. The van der Waals surface area contributed by atoms with Crippen LogP contribution in [0.5, 0.6) is 0 Å². The Hall–Kier alpha value is -1.06. The third-order valence-electron chi connectivity index (χ3n) is 4.03. The van der Waals surface area contributed by atoms with Crippen molar-refractivity contribution in [2.45, 2.75) is 32.1 Å². The number of hydrogen-bond acceptors (Lipinski definition) is 2. The quantitative estimate of drug-likeness (QED) is 0.874. The predicted octanol–water partition coefficient (Wildman–Crippen LogP) is 2.54. The number of anilines is 1. The first-order valence-electron chi connectivity index (χ1n) is 6.96. The highest BCUT2D eigenvalue weighted by atomic mass is 35.5. The van der Waals surface area contributed by atoms with E-state index in [-0.39, 0.29) is 24.2 Å². The summed E-state index contributed by atoms with van der Waals surface area (Å²) in [6, 6.07) is 6.35. The Morgan fingerprint density at radius 2 is 2.05 bits per heavy atom. The van der Waals surface area contributed by atoms with E-state index in [2.05, 4.69) is 22.8 Å². The summed E-state index contributed by atoms with van der Waals surface area (Å²) in [7, 11) is 0. The molecule has 19 heavy (non-hydrogen) atoms. The molecule has 2 aliphatic rings. The second-order valence-corrected chi connectivity index (χ2v) is 5.37. The second-order valence-electron chi connectivity index (χ2n) is 5.37. The minimum Gasteiger partial charge on any atom is -0.326 e. The molecule has 104 valence electrons. The zero-order valence-corrected chi connectivity index (χ0v) is 11.9. The molecule has 1 aliphatic carbocycles. The van der Waals surface area contributed by atoms with Gasteiger partial charge in [-0.3, -0.25) is 4.79 Å². The van der Waals surface area contributed by atoms with Gasteiger partial charge in [-0.05, 0) is 61.9 Å². The topological polar surface area (TPSA) is 41.1 Å². The summed E-state index contributed by atoms with van der Waals surface area (Å²) in [5.41, 5.74) is 3.83. The lowest BCUT2D eigenvalue weighted by molar-refractivity contribution is -0.120. The fourth-order valence-corrected chi connectivity index (χ4v) is 2.97. The summed E-state index contributed by atoms with van der Waals surface area (Å²) in [6.45, 7) is 1.86. The minimum absolute atomic E-state index is 0.